The van der Waals surface area contributed by atoms with Gasteiger partial charge in [-0.05, 0) is 37.3 Å². The number of aryl methyl sites for hydroxylation is 1. The Balaban J connectivity index is 1.17. The lowest BCUT2D eigenvalue weighted by atomic mass is 9.84. The van der Waals surface area contributed by atoms with E-state index in [9.17, 15) is 14.4 Å². The van der Waals surface area contributed by atoms with Crippen LogP contribution in [0.2, 0.25) is 0 Å². The van der Waals surface area contributed by atoms with Crippen LogP contribution in [0.1, 0.15) is 43.2 Å². The molecule has 2 N–H and O–H groups in total. The Morgan fingerprint density at radius 2 is 1.63 bits per heavy atom. The van der Waals surface area contributed by atoms with Crippen LogP contribution in [0, 0.1) is 6.92 Å². The summed E-state index contributed by atoms with van der Waals surface area (Å²) in [4.78, 5) is 42.4. The van der Waals surface area contributed by atoms with Gasteiger partial charge < -0.3 is 10.1 Å². The number of rotatable bonds is 7. The number of hydrogen-bond donors (Lipinski definition) is 2. The highest BCUT2D eigenvalue weighted by Crippen LogP contribution is 2.29. The van der Waals surface area contributed by atoms with E-state index in [1.54, 1.807) is 42.5 Å². The molecule has 4 aromatic rings. The SMILES string of the molecule is Cc1ccc(OCc2nc(SCC(=O)Nc3ccc4c(c3)C(=O)c3ccccc3C4=O)n[nH]2)cc1. The van der Waals surface area contributed by atoms with Crippen LogP contribution in [0.5, 0.6) is 5.75 Å². The number of nitrogens with one attached hydrogen (secondary N) is 2. The van der Waals surface area contributed by atoms with E-state index in [4.69, 9.17) is 4.74 Å². The van der Waals surface area contributed by atoms with Crippen molar-refractivity contribution in [1.82, 2.24) is 15.2 Å². The molecule has 0 unspecified atom stereocenters. The van der Waals surface area contributed by atoms with E-state index in [2.05, 4.69) is 20.5 Å². The summed E-state index contributed by atoms with van der Waals surface area (Å²) < 4.78 is 5.67. The summed E-state index contributed by atoms with van der Waals surface area (Å²) in [6, 6.07) is 19.2. The maximum Gasteiger partial charge on any atom is 0.234 e. The Hall–Kier alpha value is -4.24. The van der Waals surface area contributed by atoms with Gasteiger partial charge >= 0.3 is 0 Å². The summed E-state index contributed by atoms with van der Waals surface area (Å²) in [7, 11) is 0. The molecule has 8 nitrogen and oxygen atoms in total. The molecule has 3 aromatic carbocycles. The number of anilines is 1. The highest BCUT2D eigenvalue weighted by molar-refractivity contribution is 7.99. The molecule has 1 aromatic heterocycles. The fraction of sp³-hybridized carbons (Fsp3) is 0.115. The number of hydrogen-bond acceptors (Lipinski definition) is 7. The zero-order valence-corrected chi connectivity index (χ0v) is 19.5. The van der Waals surface area contributed by atoms with Gasteiger partial charge in [-0.1, -0.05) is 53.7 Å². The molecule has 0 aliphatic heterocycles. The second-order valence-corrected chi connectivity index (χ2v) is 8.91. The van der Waals surface area contributed by atoms with E-state index in [-0.39, 0.29) is 35.4 Å². The van der Waals surface area contributed by atoms with Crippen molar-refractivity contribution in [3.8, 4) is 5.75 Å². The number of ketones is 2. The van der Waals surface area contributed by atoms with Crippen LogP contribution in [0.15, 0.2) is 71.9 Å². The first-order valence-corrected chi connectivity index (χ1v) is 11.8. The third kappa shape index (κ3) is 4.85. The quantitative estimate of drug-likeness (QED) is 0.333. The van der Waals surface area contributed by atoms with Crippen LogP contribution in [0.25, 0.3) is 0 Å². The van der Waals surface area contributed by atoms with Crippen LogP contribution in [0.4, 0.5) is 5.69 Å². The fourth-order valence-electron chi connectivity index (χ4n) is 3.70. The highest BCUT2D eigenvalue weighted by atomic mass is 32.2. The van der Waals surface area contributed by atoms with E-state index in [0.29, 0.717) is 33.4 Å². The molecule has 9 heteroatoms. The van der Waals surface area contributed by atoms with Gasteiger partial charge in [0, 0.05) is 27.9 Å². The standard InChI is InChI=1S/C26H20N4O4S/c1-15-6-9-17(10-7-15)34-13-22-28-26(30-29-22)35-14-23(31)27-16-8-11-20-21(12-16)25(33)19-5-3-2-4-18(19)24(20)32/h2-12H,13-14H2,1H3,(H,27,31)(H,28,29,30). The maximum absolute atomic E-state index is 12.9. The number of carbonyl (C=O) groups is 3. The molecule has 0 saturated heterocycles. The minimum absolute atomic E-state index is 0.0723. The highest BCUT2D eigenvalue weighted by Gasteiger charge is 2.29. The van der Waals surface area contributed by atoms with E-state index >= 15 is 0 Å². The van der Waals surface area contributed by atoms with Gasteiger partial charge in [0.25, 0.3) is 0 Å². The predicted octanol–water partition coefficient (Wildman–Crippen LogP) is 4.20. The molecule has 5 rings (SSSR count). The van der Waals surface area contributed by atoms with Crippen molar-refractivity contribution in [3.05, 3.63) is 100 Å². The van der Waals surface area contributed by atoms with Crippen LogP contribution < -0.4 is 10.1 Å². The number of carbonyl (C=O) groups excluding carboxylic acids is 3. The number of aromatic nitrogens is 3. The first kappa shape index (κ1) is 22.5. The van der Waals surface area contributed by atoms with Crippen LogP contribution in [0.3, 0.4) is 0 Å². The van der Waals surface area contributed by atoms with Crippen molar-refractivity contribution in [2.45, 2.75) is 18.7 Å². The molecule has 1 aliphatic rings. The molecule has 174 valence electrons. The lowest BCUT2D eigenvalue weighted by molar-refractivity contribution is -0.113. The van der Waals surface area contributed by atoms with Gasteiger partial charge in [0.2, 0.25) is 11.1 Å². The largest absolute Gasteiger partial charge is 0.486 e. The van der Waals surface area contributed by atoms with Gasteiger partial charge in [-0.25, -0.2) is 4.98 Å². The Morgan fingerprint density at radius 3 is 2.37 bits per heavy atom. The molecule has 0 spiro atoms. The number of benzene rings is 3. The molecular weight excluding hydrogens is 464 g/mol. The van der Waals surface area contributed by atoms with Gasteiger partial charge in [0.15, 0.2) is 17.4 Å². The number of amides is 1. The zero-order valence-electron chi connectivity index (χ0n) is 18.7. The second kappa shape index (κ2) is 9.55. The van der Waals surface area contributed by atoms with Gasteiger partial charge in [-0.2, -0.15) is 0 Å². The average molecular weight is 485 g/mol. The maximum atomic E-state index is 12.9. The van der Waals surface area contributed by atoms with Gasteiger partial charge in [0.1, 0.15) is 12.4 Å². The summed E-state index contributed by atoms with van der Waals surface area (Å²) in [5.41, 5.74) is 2.98. The summed E-state index contributed by atoms with van der Waals surface area (Å²) in [6.07, 6.45) is 0. The summed E-state index contributed by atoms with van der Waals surface area (Å²) in [5, 5.41) is 10.1. The molecule has 0 fully saturated rings. The monoisotopic (exact) mass is 484 g/mol. The smallest absolute Gasteiger partial charge is 0.234 e. The van der Waals surface area contributed by atoms with Gasteiger partial charge in [0.05, 0.1) is 5.75 Å². The Kier molecular flexibility index (Phi) is 6.15. The number of thioether (sulfide) groups is 1. The number of fused-ring (bicyclic) bond motifs is 2. The minimum atomic E-state index is -0.285. The van der Waals surface area contributed by atoms with Gasteiger partial charge in [-0.15, -0.1) is 5.10 Å². The molecular formula is C26H20N4O4S. The third-order valence-corrected chi connectivity index (χ3v) is 6.30. The molecule has 0 atom stereocenters. The average Bonchev–Trinajstić information content (AvgIpc) is 3.33. The second-order valence-electron chi connectivity index (χ2n) is 7.97. The van der Waals surface area contributed by atoms with Crippen molar-refractivity contribution in [2.24, 2.45) is 0 Å². The van der Waals surface area contributed by atoms with Crippen LogP contribution in [-0.4, -0.2) is 38.4 Å². The normalized spacial score (nSPS) is 12.1. The minimum Gasteiger partial charge on any atom is -0.486 e. The topological polar surface area (TPSA) is 114 Å². The summed E-state index contributed by atoms with van der Waals surface area (Å²) in [5.74, 6) is 0.633. The fourth-order valence-corrected chi connectivity index (χ4v) is 4.31. The Morgan fingerprint density at radius 1 is 0.943 bits per heavy atom. The van der Waals surface area contributed by atoms with Crippen molar-refractivity contribution < 1.29 is 19.1 Å². The number of ether oxygens (including phenoxy) is 1. The number of nitrogens with zero attached hydrogens (tertiary/aromatic N) is 2. The molecule has 0 saturated carbocycles. The van der Waals surface area contributed by atoms with Crippen molar-refractivity contribution in [3.63, 3.8) is 0 Å². The molecule has 1 aliphatic carbocycles. The van der Waals surface area contributed by atoms with E-state index in [0.717, 1.165) is 11.3 Å². The molecule has 0 bridgehead atoms. The predicted molar refractivity (Wildman–Crippen MR) is 131 cm³/mol. The first-order valence-electron chi connectivity index (χ1n) is 10.8. The Labute approximate surface area is 205 Å². The number of H-pyrrole nitrogens is 1. The van der Waals surface area contributed by atoms with Gasteiger partial charge in [-0.3, -0.25) is 19.5 Å². The van der Waals surface area contributed by atoms with Crippen LogP contribution >= 0.6 is 11.8 Å². The van der Waals surface area contributed by atoms with E-state index < -0.39 is 0 Å². The van der Waals surface area contributed by atoms with E-state index in [1.165, 1.54) is 11.8 Å². The third-order valence-electron chi connectivity index (χ3n) is 5.45. The molecule has 0 radical (unpaired) electrons. The first-order chi connectivity index (χ1) is 17.0. The molecule has 1 amide bonds. The Bertz CT molecular complexity index is 1450. The van der Waals surface area contributed by atoms with E-state index in [1.807, 2.05) is 31.2 Å². The molecule has 1 heterocycles. The van der Waals surface area contributed by atoms with Crippen molar-refractivity contribution in [2.75, 3.05) is 11.1 Å². The summed E-state index contributed by atoms with van der Waals surface area (Å²) >= 11 is 1.17. The molecule has 35 heavy (non-hydrogen) atoms. The lowest BCUT2D eigenvalue weighted by Gasteiger charge is -2.18. The zero-order chi connectivity index (χ0) is 24.4. The number of aromatic amines is 1. The summed E-state index contributed by atoms with van der Waals surface area (Å²) in [6.45, 7) is 2.23. The van der Waals surface area contributed by atoms with Crippen LogP contribution in [-0.2, 0) is 11.4 Å². The van der Waals surface area contributed by atoms with Crippen molar-refractivity contribution >= 4 is 34.9 Å². The van der Waals surface area contributed by atoms with Crippen molar-refractivity contribution in [1.29, 1.82) is 0 Å². The lowest BCUT2D eigenvalue weighted by Crippen LogP contribution is -2.21.